The molecule has 1 aliphatic carbocycles. The number of rotatable bonds is 3. The molecule has 9 heteroatoms. The van der Waals surface area contributed by atoms with Crippen molar-refractivity contribution in [1.82, 2.24) is 10.2 Å². The molecule has 3 aliphatic rings. The Balaban J connectivity index is 1.85. The van der Waals surface area contributed by atoms with Crippen LogP contribution in [0.4, 0.5) is 11.4 Å². The zero-order valence-electron chi connectivity index (χ0n) is 15.1. The topological polar surface area (TPSA) is 95.8 Å². The van der Waals surface area contributed by atoms with E-state index in [1.54, 1.807) is 11.0 Å². The number of nitro groups is 1. The summed E-state index contributed by atoms with van der Waals surface area (Å²) in [4.78, 5) is 40.9. The summed E-state index contributed by atoms with van der Waals surface area (Å²) in [6.07, 6.45) is 1.86. The van der Waals surface area contributed by atoms with Crippen LogP contribution in [0.2, 0.25) is 0 Å². The summed E-state index contributed by atoms with van der Waals surface area (Å²) in [7, 11) is 0. The van der Waals surface area contributed by atoms with Crippen LogP contribution >= 0.6 is 12.2 Å². The molecule has 1 saturated carbocycles. The maximum atomic E-state index is 13.5. The van der Waals surface area contributed by atoms with Gasteiger partial charge in [0.15, 0.2) is 10.5 Å². The van der Waals surface area contributed by atoms with Crippen molar-refractivity contribution in [3.8, 4) is 0 Å². The molecule has 1 aromatic rings. The number of nitrogens with zero attached hydrogens (tertiary/aromatic N) is 3. The average Bonchev–Trinajstić information content (AvgIpc) is 3.44. The second kappa shape index (κ2) is 5.98. The monoisotopic (exact) mass is 388 g/mol. The molecule has 8 nitrogen and oxygen atoms in total. The number of hydrogen-bond acceptors (Lipinski definition) is 6. The van der Waals surface area contributed by atoms with Crippen LogP contribution in [0, 0.1) is 15.5 Å². The van der Waals surface area contributed by atoms with Gasteiger partial charge in [-0.25, -0.2) is 0 Å². The number of carbonyl (C=O) groups is 2. The number of fused-ring (bicyclic) bond motifs is 1. The molecule has 2 aliphatic heterocycles. The lowest BCUT2D eigenvalue weighted by molar-refractivity contribution is -0.384. The lowest BCUT2D eigenvalue weighted by Crippen LogP contribution is -2.71. The highest BCUT2D eigenvalue weighted by Gasteiger charge is 2.61. The average molecular weight is 388 g/mol. The van der Waals surface area contributed by atoms with Crippen LogP contribution in [0.3, 0.4) is 0 Å². The first kappa shape index (κ1) is 17.8. The molecular weight excluding hydrogens is 368 g/mol. The van der Waals surface area contributed by atoms with Gasteiger partial charge in [-0.1, -0.05) is 0 Å². The van der Waals surface area contributed by atoms with Crippen molar-refractivity contribution < 1.29 is 14.5 Å². The fourth-order valence-corrected chi connectivity index (χ4v) is 4.66. The zero-order valence-corrected chi connectivity index (χ0v) is 15.9. The number of nitrogens with one attached hydrogen (secondary N) is 1. The smallest absolute Gasteiger partial charge is 0.269 e. The molecule has 2 amide bonds. The van der Waals surface area contributed by atoms with E-state index in [1.807, 2.05) is 18.7 Å². The van der Waals surface area contributed by atoms with Gasteiger partial charge in [0, 0.05) is 42.9 Å². The number of thiocarbonyl (C=S) groups is 1. The summed E-state index contributed by atoms with van der Waals surface area (Å²) in [5.41, 5.74) is 0.0697. The summed E-state index contributed by atoms with van der Waals surface area (Å²) in [6.45, 7) is 4.38. The number of benzene rings is 1. The Bertz CT molecular complexity index is 884. The number of non-ortho nitro benzene ring substituents is 1. The van der Waals surface area contributed by atoms with E-state index in [1.165, 1.54) is 12.1 Å². The number of anilines is 1. The van der Waals surface area contributed by atoms with Crippen molar-refractivity contribution in [3.63, 3.8) is 0 Å². The Morgan fingerprint density at radius 2 is 2.07 bits per heavy atom. The van der Waals surface area contributed by atoms with Gasteiger partial charge in [0.1, 0.15) is 0 Å². The minimum atomic E-state index is -1.34. The molecule has 1 N–H and O–H groups in total. The summed E-state index contributed by atoms with van der Waals surface area (Å²) < 4.78 is 0. The van der Waals surface area contributed by atoms with Crippen molar-refractivity contribution in [2.24, 2.45) is 5.41 Å². The van der Waals surface area contributed by atoms with Crippen molar-refractivity contribution >= 4 is 40.5 Å². The first-order valence-corrected chi connectivity index (χ1v) is 9.45. The lowest BCUT2D eigenvalue weighted by Gasteiger charge is -2.51. The van der Waals surface area contributed by atoms with Crippen molar-refractivity contribution in [3.05, 3.63) is 33.9 Å². The standard InChI is InChI=1S/C18H20N4O4S/c1-3-20-10(2)18(9-11-8-13(22(25)26)6-7-14(11)20)15(23)19-17(27)21(16(18)24)12-4-5-12/h6-8,10,12H,3-5,9H2,1-2H3,(H,19,23,27). The molecule has 2 fully saturated rings. The zero-order chi connectivity index (χ0) is 19.5. The second-order valence-corrected chi connectivity index (χ2v) is 7.73. The molecule has 2 unspecified atom stereocenters. The third-order valence-corrected chi connectivity index (χ3v) is 6.23. The van der Waals surface area contributed by atoms with E-state index in [-0.39, 0.29) is 29.2 Å². The van der Waals surface area contributed by atoms with Crippen LogP contribution in [0.5, 0.6) is 0 Å². The predicted octanol–water partition coefficient (Wildman–Crippen LogP) is 1.76. The van der Waals surface area contributed by atoms with Gasteiger partial charge in [-0.15, -0.1) is 0 Å². The molecule has 1 aromatic carbocycles. The minimum absolute atomic E-state index is 0.0382. The molecule has 4 rings (SSSR count). The predicted molar refractivity (Wildman–Crippen MR) is 102 cm³/mol. The molecule has 1 saturated heterocycles. The summed E-state index contributed by atoms with van der Waals surface area (Å²) in [5, 5.41) is 14.1. The Kier molecular flexibility index (Phi) is 3.95. The largest absolute Gasteiger partial charge is 0.367 e. The van der Waals surface area contributed by atoms with Gasteiger partial charge < -0.3 is 10.2 Å². The van der Waals surface area contributed by atoms with Gasteiger partial charge >= 0.3 is 0 Å². The van der Waals surface area contributed by atoms with Crippen LogP contribution in [0.15, 0.2) is 18.2 Å². The van der Waals surface area contributed by atoms with E-state index in [2.05, 4.69) is 5.32 Å². The number of amides is 2. The number of carbonyl (C=O) groups excluding carboxylic acids is 2. The maximum absolute atomic E-state index is 13.5. The van der Waals surface area contributed by atoms with E-state index in [0.717, 1.165) is 18.5 Å². The molecule has 2 atom stereocenters. The van der Waals surface area contributed by atoms with Crippen LogP contribution < -0.4 is 10.2 Å². The number of hydrogen-bond donors (Lipinski definition) is 1. The van der Waals surface area contributed by atoms with Gasteiger partial charge in [0.2, 0.25) is 11.8 Å². The first-order valence-electron chi connectivity index (χ1n) is 9.04. The quantitative estimate of drug-likeness (QED) is 0.367. The molecule has 0 bridgehead atoms. The van der Waals surface area contributed by atoms with Gasteiger partial charge in [-0.2, -0.15) is 0 Å². The Hall–Kier alpha value is -2.55. The second-order valence-electron chi connectivity index (χ2n) is 7.35. The molecular formula is C18H20N4O4S. The molecule has 142 valence electrons. The third-order valence-electron chi connectivity index (χ3n) is 5.93. The van der Waals surface area contributed by atoms with Crippen LogP contribution in [-0.4, -0.2) is 45.4 Å². The van der Waals surface area contributed by atoms with E-state index in [9.17, 15) is 19.7 Å². The maximum Gasteiger partial charge on any atom is 0.269 e. The van der Waals surface area contributed by atoms with Crippen molar-refractivity contribution in [1.29, 1.82) is 0 Å². The fraction of sp³-hybridized carbons (Fsp3) is 0.500. The minimum Gasteiger partial charge on any atom is -0.367 e. The van der Waals surface area contributed by atoms with E-state index >= 15 is 0 Å². The Labute approximate surface area is 161 Å². The van der Waals surface area contributed by atoms with Crippen LogP contribution in [0.1, 0.15) is 32.3 Å². The van der Waals surface area contributed by atoms with E-state index in [4.69, 9.17) is 12.2 Å². The molecule has 1 spiro atoms. The molecule has 0 aromatic heterocycles. The Morgan fingerprint density at radius 1 is 1.37 bits per heavy atom. The van der Waals surface area contributed by atoms with Crippen LogP contribution in [0.25, 0.3) is 0 Å². The third kappa shape index (κ3) is 2.44. The molecule has 2 heterocycles. The first-order chi connectivity index (χ1) is 12.8. The summed E-state index contributed by atoms with van der Waals surface area (Å²) in [6, 6.07) is 4.28. The highest BCUT2D eigenvalue weighted by Crippen LogP contribution is 2.46. The van der Waals surface area contributed by atoms with Gasteiger partial charge in [-0.3, -0.25) is 24.6 Å². The van der Waals surface area contributed by atoms with Crippen molar-refractivity contribution in [2.45, 2.75) is 45.2 Å². The Morgan fingerprint density at radius 3 is 2.67 bits per heavy atom. The highest BCUT2D eigenvalue weighted by molar-refractivity contribution is 7.80. The van der Waals surface area contributed by atoms with Gasteiger partial charge in [0.25, 0.3) is 5.69 Å². The van der Waals surface area contributed by atoms with Crippen molar-refractivity contribution in [2.75, 3.05) is 11.4 Å². The van der Waals surface area contributed by atoms with Crippen LogP contribution in [-0.2, 0) is 16.0 Å². The summed E-state index contributed by atoms with van der Waals surface area (Å²) in [5.74, 6) is -0.709. The molecule has 0 radical (unpaired) electrons. The van der Waals surface area contributed by atoms with E-state index in [0.29, 0.717) is 12.1 Å². The van der Waals surface area contributed by atoms with E-state index < -0.39 is 22.3 Å². The SMILES string of the molecule is CCN1c2ccc([N+](=O)[O-])cc2CC2(C(=O)NC(=S)N(C3CC3)C2=O)C1C. The highest BCUT2D eigenvalue weighted by atomic mass is 32.1. The molecule has 27 heavy (non-hydrogen) atoms. The number of nitro benzene ring substituents is 1. The summed E-state index contributed by atoms with van der Waals surface area (Å²) >= 11 is 5.25. The lowest BCUT2D eigenvalue weighted by atomic mass is 9.69. The fourth-order valence-electron chi connectivity index (χ4n) is 4.34. The van der Waals surface area contributed by atoms with Gasteiger partial charge in [-0.05, 0) is 50.5 Å². The van der Waals surface area contributed by atoms with Gasteiger partial charge in [0.05, 0.1) is 4.92 Å². The normalized spacial score (nSPS) is 27.6.